The number of ether oxygens (including phenoxy) is 2. The molecule has 3 atom stereocenters. The standard InChI is InChI=1S/C57H104NO10P/c1-3-5-7-9-11-13-15-17-19-21-23-25-27-29-31-33-35-37-39-41-43-45-47-49-56(60)68-53(51-66-69(63,64)67-52-54(58)57(61)62)50-65-55(59)48-46-44-42-40-38-36-34-32-30-28-26-24-22-20-18-16-14-12-10-8-6-4-2/h5,7,11,13,17,19,23,25,53-54H,3-4,6,8-10,12,14-16,18,20-22,24,26-52,58H2,1-2H3,(H,61,62)(H,63,64)/b7-5-,13-11-,19-17-,25-23-. The molecule has 0 aliphatic rings. The Hall–Kier alpha value is -2.56. The first-order valence-electron chi connectivity index (χ1n) is 28.2. The van der Waals surface area contributed by atoms with Gasteiger partial charge in [0, 0.05) is 12.8 Å². The summed E-state index contributed by atoms with van der Waals surface area (Å²) in [5.74, 6) is -2.37. The van der Waals surface area contributed by atoms with Crippen LogP contribution in [0.3, 0.4) is 0 Å². The largest absolute Gasteiger partial charge is 0.480 e. The van der Waals surface area contributed by atoms with Crippen LogP contribution >= 0.6 is 7.82 Å². The number of aliphatic carboxylic acids is 1. The lowest BCUT2D eigenvalue weighted by atomic mass is 10.0. The lowest BCUT2D eigenvalue weighted by Crippen LogP contribution is -2.34. The number of nitrogens with two attached hydrogens (primary N) is 1. The average molecular weight is 994 g/mol. The van der Waals surface area contributed by atoms with Gasteiger partial charge in [-0.15, -0.1) is 0 Å². The van der Waals surface area contributed by atoms with E-state index in [2.05, 4.69) is 62.5 Å². The molecule has 0 aliphatic heterocycles. The van der Waals surface area contributed by atoms with Gasteiger partial charge in [0.2, 0.25) is 0 Å². The molecule has 0 aromatic heterocycles. The maximum Gasteiger partial charge on any atom is 0.472 e. The van der Waals surface area contributed by atoms with E-state index < -0.39 is 51.1 Å². The van der Waals surface area contributed by atoms with Gasteiger partial charge in [0.15, 0.2) is 6.10 Å². The Bertz CT molecular complexity index is 1350. The molecule has 69 heavy (non-hydrogen) atoms. The summed E-state index contributed by atoms with van der Waals surface area (Å²) < 4.78 is 32.9. The number of rotatable bonds is 53. The highest BCUT2D eigenvalue weighted by atomic mass is 31.2. The number of carboxylic acids is 1. The number of phosphoric ester groups is 1. The molecule has 0 fully saturated rings. The molecule has 0 heterocycles. The molecule has 0 bridgehead atoms. The van der Waals surface area contributed by atoms with Crippen LogP contribution in [-0.4, -0.2) is 59.9 Å². The zero-order valence-electron chi connectivity index (χ0n) is 44.2. The quantitative estimate of drug-likeness (QED) is 0.0229. The van der Waals surface area contributed by atoms with E-state index in [1.54, 1.807) is 0 Å². The van der Waals surface area contributed by atoms with E-state index in [0.29, 0.717) is 12.8 Å². The van der Waals surface area contributed by atoms with Crippen LogP contribution in [0.1, 0.15) is 264 Å². The normalized spacial score (nSPS) is 13.8. The Kier molecular flexibility index (Phi) is 49.9. The highest BCUT2D eigenvalue weighted by Gasteiger charge is 2.28. The first-order valence-corrected chi connectivity index (χ1v) is 29.7. The Labute approximate surface area is 422 Å². The molecule has 12 heteroatoms. The minimum absolute atomic E-state index is 0.157. The Morgan fingerprint density at radius 3 is 1.22 bits per heavy atom. The van der Waals surface area contributed by atoms with Crippen LogP contribution in [0.2, 0.25) is 0 Å². The maximum absolute atomic E-state index is 12.7. The minimum atomic E-state index is -4.73. The van der Waals surface area contributed by atoms with Crippen LogP contribution in [0.25, 0.3) is 0 Å². The first-order chi connectivity index (χ1) is 33.6. The summed E-state index contributed by atoms with van der Waals surface area (Å²) >= 11 is 0. The van der Waals surface area contributed by atoms with E-state index >= 15 is 0 Å². The van der Waals surface area contributed by atoms with Crippen molar-refractivity contribution in [2.45, 2.75) is 276 Å². The third kappa shape index (κ3) is 51.6. The smallest absolute Gasteiger partial charge is 0.472 e. The third-order valence-corrected chi connectivity index (χ3v) is 13.3. The van der Waals surface area contributed by atoms with Crippen LogP contribution in [-0.2, 0) is 37.5 Å². The first kappa shape index (κ1) is 66.4. The highest BCUT2D eigenvalue weighted by molar-refractivity contribution is 7.47. The van der Waals surface area contributed by atoms with Crippen molar-refractivity contribution in [1.29, 1.82) is 0 Å². The fraction of sp³-hybridized carbons (Fsp3) is 0.807. The number of carbonyl (C=O) groups excluding carboxylic acids is 2. The van der Waals surface area contributed by atoms with E-state index in [4.69, 9.17) is 29.4 Å². The molecule has 0 aromatic rings. The van der Waals surface area contributed by atoms with E-state index in [0.717, 1.165) is 70.6 Å². The zero-order valence-corrected chi connectivity index (χ0v) is 45.1. The number of phosphoric acid groups is 1. The second-order valence-electron chi connectivity index (χ2n) is 19.0. The van der Waals surface area contributed by atoms with Crippen molar-refractivity contribution < 1.29 is 47.5 Å². The summed E-state index contributed by atoms with van der Waals surface area (Å²) in [4.78, 5) is 46.3. The van der Waals surface area contributed by atoms with E-state index in [1.807, 2.05) is 0 Å². The molecule has 0 rings (SSSR count). The molecule has 0 saturated heterocycles. The van der Waals surface area contributed by atoms with Crippen molar-refractivity contribution in [2.24, 2.45) is 5.73 Å². The van der Waals surface area contributed by atoms with Gasteiger partial charge in [-0.05, 0) is 51.4 Å². The second kappa shape index (κ2) is 51.8. The number of carbonyl (C=O) groups is 3. The molecular weight excluding hydrogens is 890 g/mol. The Morgan fingerprint density at radius 2 is 0.812 bits per heavy atom. The van der Waals surface area contributed by atoms with Crippen molar-refractivity contribution in [3.8, 4) is 0 Å². The van der Waals surface area contributed by atoms with Crippen molar-refractivity contribution in [3.05, 3.63) is 48.6 Å². The highest BCUT2D eigenvalue weighted by Crippen LogP contribution is 2.43. The zero-order chi connectivity index (χ0) is 50.6. The van der Waals surface area contributed by atoms with Gasteiger partial charge in [-0.2, -0.15) is 0 Å². The molecule has 0 amide bonds. The molecule has 0 saturated carbocycles. The minimum Gasteiger partial charge on any atom is -0.480 e. The number of esters is 2. The van der Waals surface area contributed by atoms with Gasteiger partial charge in [-0.3, -0.25) is 23.4 Å². The molecule has 3 unspecified atom stereocenters. The monoisotopic (exact) mass is 994 g/mol. The second-order valence-corrected chi connectivity index (χ2v) is 20.5. The van der Waals surface area contributed by atoms with E-state index in [1.165, 1.54) is 154 Å². The van der Waals surface area contributed by atoms with Gasteiger partial charge in [0.05, 0.1) is 13.2 Å². The number of unbranched alkanes of at least 4 members (excludes halogenated alkanes) is 31. The van der Waals surface area contributed by atoms with Crippen LogP contribution in [0.5, 0.6) is 0 Å². The molecule has 4 N–H and O–H groups in total. The van der Waals surface area contributed by atoms with Crippen molar-refractivity contribution in [2.75, 3.05) is 19.8 Å². The van der Waals surface area contributed by atoms with Gasteiger partial charge < -0.3 is 25.2 Å². The number of carboxylic acid groups (broad SMARTS) is 1. The van der Waals surface area contributed by atoms with Crippen LogP contribution in [0.15, 0.2) is 48.6 Å². The molecule has 402 valence electrons. The molecule has 11 nitrogen and oxygen atoms in total. The Balaban J connectivity index is 4.17. The third-order valence-electron chi connectivity index (χ3n) is 12.3. The van der Waals surface area contributed by atoms with E-state index in [9.17, 15) is 23.8 Å². The topological polar surface area (TPSA) is 172 Å². The number of allylic oxidation sites excluding steroid dienone is 8. The summed E-state index contributed by atoms with van der Waals surface area (Å²) in [6.45, 7) is 2.74. The van der Waals surface area contributed by atoms with Crippen molar-refractivity contribution >= 4 is 25.7 Å². The molecular formula is C57H104NO10P. The summed E-state index contributed by atoms with van der Waals surface area (Å²) in [6.07, 6.45) is 61.8. The number of hydrogen-bond acceptors (Lipinski definition) is 9. The summed E-state index contributed by atoms with van der Waals surface area (Å²) in [5.41, 5.74) is 5.37. The summed E-state index contributed by atoms with van der Waals surface area (Å²) in [7, 11) is -4.73. The van der Waals surface area contributed by atoms with Gasteiger partial charge in [0.1, 0.15) is 12.6 Å². The fourth-order valence-electron chi connectivity index (χ4n) is 8.00. The van der Waals surface area contributed by atoms with Crippen LogP contribution < -0.4 is 5.73 Å². The fourth-order valence-corrected chi connectivity index (χ4v) is 8.78. The maximum atomic E-state index is 12.7. The van der Waals surface area contributed by atoms with Crippen LogP contribution in [0, 0.1) is 0 Å². The van der Waals surface area contributed by atoms with Crippen molar-refractivity contribution in [3.63, 3.8) is 0 Å². The van der Waals surface area contributed by atoms with Gasteiger partial charge >= 0.3 is 25.7 Å². The molecule has 0 spiro atoms. The predicted octanol–water partition coefficient (Wildman–Crippen LogP) is 16.5. The van der Waals surface area contributed by atoms with Gasteiger partial charge in [-0.25, -0.2) is 4.57 Å². The van der Waals surface area contributed by atoms with E-state index in [-0.39, 0.29) is 19.4 Å². The Morgan fingerprint density at radius 1 is 0.464 bits per heavy atom. The predicted molar refractivity (Wildman–Crippen MR) is 286 cm³/mol. The van der Waals surface area contributed by atoms with Gasteiger partial charge in [0.25, 0.3) is 0 Å². The molecule has 0 aromatic carbocycles. The SMILES string of the molecule is CC/C=C\C/C=C\C/C=C\C/C=C\CCCCCCCCCCCCC(=O)OC(COC(=O)CCCCCCCCCCCCCCCCCCCCCCCC)COP(=O)(O)OCC(N)C(=O)O. The lowest BCUT2D eigenvalue weighted by molar-refractivity contribution is -0.161. The summed E-state index contributed by atoms with van der Waals surface area (Å²) in [5, 5.41) is 8.94. The molecule has 0 aliphatic carbocycles. The molecule has 0 radical (unpaired) electrons. The average Bonchev–Trinajstić information content (AvgIpc) is 3.33. The van der Waals surface area contributed by atoms with Crippen molar-refractivity contribution in [1.82, 2.24) is 0 Å². The van der Waals surface area contributed by atoms with Gasteiger partial charge in [-0.1, -0.05) is 249 Å². The lowest BCUT2D eigenvalue weighted by Gasteiger charge is -2.20. The number of hydrogen-bond donors (Lipinski definition) is 3. The van der Waals surface area contributed by atoms with Crippen LogP contribution in [0.4, 0.5) is 0 Å². The summed E-state index contributed by atoms with van der Waals surface area (Å²) in [6, 6.07) is -1.52.